The smallest absolute Gasteiger partial charge is 0.251 e. The highest BCUT2D eigenvalue weighted by atomic mass is 16.1. The van der Waals surface area contributed by atoms with E-state index in [1.54, 1.807) is 13.0 Å². The van der Waals surface area contributed by atoms with Crippen LogP contribution < -0.4 is 5.32 Å². The summed E-state index contributed by atoms with van der Waals surface area (Å²) in [5.74, 6) is -0.0384. The topological polar surface area (TPSA) is 49.4 Å². The van der Waals surface area contributed by atoms with Crippen LogP contribution in [0.3, 0.4) is 0 Å². The summed E-state index contributed by atoms with van der Waals surface area (Å²) in [6.45, 7) is 4.43. The molecule has 0 fully saturated rings. The number of nitrogens with one attached hydrogen (secondary N) is 1. The predicted molar refractivity (Wildman–Crippen MR) is 102 cm³/mol. The van der Waals surface area contributed by atoms with Gasteiger partial charge in [-0.25, -0.2) is 0 Å². The van der Waals surface area contributed by atoms with E-state index in [-0.39, 0.29) is 17.7 Å². The van der Waals surface area contributed by atoms with Gasteiger partial charge in [-0.05, 0) is 56.8 Å². The van der Waals surface area contributed by atoms with Gasteiger partial charge in [-0.2, -0.15) is 0 Å². The van der Waals surface area contributed by atoms with Gasteiger partial charge in [0.1, 0.15) is 0 Å². The number of benzene rings is 2. The SMILES string of the molecule is CC[C@@H](CN(C)C)NC(=O)c1cccc(-c2cccc(C(C)=O)c2)c1. The van der Waals surface area contributed by atoms with Crippen LogP contribution in [0.1, 0.15) is 41.0 Å². The molecule has 1 atom stereocenters. The number of ketones is 1. The van der Waals surface area contributed by atoms with Crippen LogP contribution in [0.4, 0.5) is 0 Å². The highest BCUT2D eigenvalue weighted by Gasteiger charge is 2.13. The lowest BCUT2D eigenvalue weighted by Crippen LogP contribution is -2.41. The molecule has 2 rings (SSSR count). The van der Waals surface area contributed by atoms with E-state index >= 15 is 0 Å². The lowest BCUT2D eigenvalue weighted by molar-refractivity contribution is 0.0928. The van der Waals surface area contributed by atoms with E-state index in [2.05, 4.69) is 17.1 Å². The summed E-state index contributed by atoms with van der Waals surface area (Å²) in [4.78, 5) is 26.2. The number of amides is 1. The highest BCUT2D eigenvalue weighted by Crippen LogP contribution is 2.22. The number of nitrogens with zero attached hydrogens (tertiary/aromatic N) is 1. The Morgan fingerprint density at radius 2 is 1.56 bits per heavy atom. The third-order valence-corrected chi connectivity index (χ3v) is 4.14. The molecule has 0 unspecified atom stereocenters. The first-order valence-corrected chi connectivity index (χ1v) is 8.57. The van der Waals surface area contributed by atoms with E-state index in [1.165, 1.54) is 0 Å². The third kappa shape index (κ3) is 5.26. The van der Waals surface area contributed by atoms with E-state index in [0.29, 0.717) is 11.1 Å². The Kier molecular flexibility index (Phi) is 6.48. The van der Waals surface area contributed by atoms with Crippen molar-refractivity contribution in [3.05, 3.63) is 59.7 Å². The van der Waals surface area contributed by atoms with Gasteiger partial charge in [-0.15, -0.1) is 0 Å². The highest BCUT2D eigenvalue weighted by molar-refractivity contribution is 5.97. The number of carbonyl (C=O) groups is 2. The lowest BCUT2D eigenvalue weighted by Gasteiger charge is -2.21. The second-order valence-corrected chi connectivity index (χ2v) is 6.56. The molecular formula is C21H26N2O2. The second-order valence-electron chi connectivity index (χ2n) is 6.56. The molecule has 4 nitrogen and oxygen atoms in total. The maximum absolute atomic E-state index is 12.6. The van der Waals surface area contributed by atoms with Crippen LogP contribution in [0.5, 0.6) is 0 Å². The van der Waals surface area contributed by atoms with E-state index in [1.807, 2.05) is 56.6 Å². The maximum atomic E-state index is 12.6. The quantitative estimate of drug-likeness (QED) is 0.784. The van der Waals surface area contributed by atoms with Crippen LogP contribution in [0, 0.1) is 0 Å². The molecule has 0 radical (unpaired) electrons. The molecule has 0 saturated carbocycles. The molecule has 2 aromatic rings. The summed E-state index contributed by atoms with van der Waals surface area (Å²) < 4.78 is 0. The van der Waals surface area contributed by atoms with Gasteiger partial charge < -0.3 is 10.2 Å². The Balaban J connectivity index is 2.22. The standard InChI is InChI=1S/C21H26N2O2/c1-5-20(14-23(3)4)22-21(25)19-11-7-10-18(13-19)17-9-6-8-16(12-17)15(2)24/h6-13,20H,5,14H2,1-4H3,(H,22,25)/t20-/m0/s1. The Morgan fingerprint density at radius 1 is 1.00 bits per heavy atom. The number of likely N-dealkylation sites (N-methyl/N-ethyl adjacent to an activating group) is 1. The summed E-state index contributed by atoms with van der Waals surface area (Å²) in [5, 5.41) is 3.09. The van der Waals surface area contributed by atoms with E-state index in [0.717, 1.165) is 24.1 Å². The fourth-order valence-corrected chi connectivity index (χ4v) is 2.74. The van der Waals surface area contributed by atoms with Crippen LogP contribution in [0.15, 0.2) is 48.5 Å². The fourth-order valence-electron chi connectivity index (χ4n) is 2.74. The minimum Gasteiger partial charge on any atom is -0.348 e. The van der Waals surface area contributed by atoms with Crippen molar-refractivity contribution in [3.8, 4) is 11.1 Å². The van der Waals surface area contributed by atoms with Crippen molar-refractivity contribution < 1.29 is 9.59 Å². The molecule has 0 aliphatic heterocycles. The van der Waals surface area contributed by atoms with Crippen molar-refractivity contribution >= 4 is 11.7 Å². The average Bonchev–Trinajstić information content (AvgIpc) is 2.60. The zero-order valence-corrected chi connectivity index (χ0v) is 15.4. The molecule has 0 aliphatic carbocycles. The first-order valence-electron chi connectivity index (χ1n) is 8.57. The molecule has 0 aromatic heterocycles. The molecule has 0 aliphatic rings. The molecule has 132 valence electrons. The van der Waals surface area contributed by atoms with E-state index < -0.39 is 0 Å². The number of carbonyl (C=O) groups excluding carboxylic acids is 2. The lowest BCUT2D eigenvalue weighted by atomic mass is 9.99. The van der Waals surface area contributed by atoms with Gasteiger partial charge in [0, 0.05) is 23.7 Å². The van der Waals surface area contributed by atoms with Crippen molar-refractivity contribution in [2.45, 2.75) is 26.3 Å². The zero-order chi connectivity index (χ0) is 18.4. The van der Waals surface area contributed by atoms with Gasteiger partial charge in [0.05, 0.1) is 0 Å². The van der Waals surface area contributed by atoms with Gasteiger partial charge in [0.15, 0.2) is 5.78 Å². The summed E-state index contributed by atoms with van der Waals surface area (Å²) in [5.41, 5.74) is 3.16. The molecule has 1 N–H and O–H groups in total. The third-order valence-electron chi connectivity index (χ3n) is 4.14. The van der Waals surface area contributed by atoms with Crippen LogP contribution in [-0.4, -0.2) is 43.3 Å². The monoisotopic (exact) mass is 338 g/mol. The molecule has 25 heavy (non-hydrogen) atoms. The molecule has 0 spiro atoms. The molecular weight excluding hydrogens is 312 g/mol. The van der Waals surface area contributed by atoms with Gasteiger partial charge in [-0.1, -0.05) is 37.3 Å². The first kappa shape index (κ1) is 18.9. The van der Waals surface area contributed by atoms with E-state index in [9.17, 15) is 9.59 Å². The number of hydrogen-bond acceptors (Lipinski definition) is 3. The van der Waals surface area contributed by atoms with Crippen molar-refractivity contribution in [1.29, 1.82) is 0 Å². The van der Waals surface area contributed by atoms with Gasteiger partial charge in [0.25, 0.3) is 5.91 Å². The summed E-state index contributed by atoms with van der Waals surface area (Å²) in [6.07, 6.45) is 0.879. The van der Waals surface area contributed by atoms with Crippen molar-refractivity contribution in [3.63, 3.8) is 0 Å². The average molecular weight is 338 g/mol. The molecule has 0 saturated heterocycles. The van der Waals surface area contributed by atoms with Gasteiger partial charge in [0.2, 0.25) is 0 Å². The molecule has 2 aromatic carbocycles. The zero-order valence-electron chi connectivity index (χ0n) is 15.4. The Morgan fingerprint density at radius 3 is 2.08 bits per heavy atom. The summed E-state index contributed by atoms with van der Waals surface area (Å²) in [6, 6.07) is 15.1. The second kappa shape index (κ2) is 8.58. The van der Waals surface area contributed by atoms with Crippen molar-refractivity contribution in [2.75, 3.05) is 20.6 Å². The Hall–Kier alpha value is -2.46. The first-order chi connectivity index (χ1) is 11.9. The fraction of sp³-hybridized carbons (Fsp3) is 0.333. The van der Waals surface area contributed by atoms with Crippen LogP contribution in [-0.2, 0) is 0 Å². The number of hydrogen-bond donors (Lipinski definition) is 1. The maximum Gasteiger partial charge on any atom is 0.251 e. The Bertz CT molecular complexity index is 753. The number of rotatable bonds is 7. The molecule has 4 heteroatoms. The van der Waals surface area contributed by atoms with Crippen LogP contribution in [0.25, 0.3) is 11.1 Å². The molecule has 0 bridgehead atoms. The summed E-state index contributed by atoms with van der Waals surface area (Å²) >= 11 is 0. The Labute approximate surface area is 149 Å². The van der Waals surface area contributed by atoms with Gasteiger partial charge in [-0.3, -0.25) is 9.59 Å². The normalized spacial score (nSPS) is 12.0. The predicted octanol–water partition coefficient (Wildman–Crippen LogP) is 3.63. The largest absolute Gasteiger partial charge is 0.348 e. The van der Waals surface area contributed by atoms with E-state index in [4.69, 9.17) is 0 Å². The van der Waals surface area contributed by atoms with Crippen LogP contribution >= 0.6 is 0 Å². The van der Waals surface area contributed by atoms with Gasteiger partial charge >= 0.3 is 0 Å². The molecule has 0 heterocycles. The van der Waals surface area contributed by atoms with Crippen molar-refractivity contribution in [1.82, 2.24) is 10.2 Å². The minimum absolute atomic E-state index is 0.0326. The number of Topliss-reactive ketones (excluding diaryl/α,β-unsaturated/α-hetero) is 1. The van der Waals surface area contributed by atoms with Crippen LogP contribution in [0.2, 0.25) is 0 Å². The van der Waals surface area contributed by atoms with Crippen molar-refractivity contribution in [2.24, 2.45) is 0 Å². The molecule has 1 amide bonds. The summed E-state index contributed by atoms with van der Waals surface area (Å²) in [7, 11) is 3.99. The minimum atomic E-state index is -0.0710.